The van der Waals surface area contributed by atoms with Crippen LogP contribution in [0.15, 0.2) is 18.2 Å². The van der Waals surface area contributed by atoms with Crippen LogP contribution in [0.1, 0.15) is 50.4 Å². The second-order valence-electron chi connectivity index (χ2n) is 6.32. The maximum Gasteiger partial charge on any atom is 0.220 e. The fourth-order valence-corrected chi connectivity index (χ4v) is 3.38. The zero-order valence-corrected chi connectivity index (χ0v) is 13.3. The first-order valence-electron chi connectivity index (χ1n) is 7.64. The number of aromatic amines is 1. The summed E-state index contributed by atoms with van der Waals surface area (Å²) in [4.78, 5) is 15.5. The van der Waals surface area contributed by atoms with E-state index in [4.69, 9.17) is 11.6 Å². The summed E-state index contributed by atoms with van der Waals surface area (Å²) < 4.78 is 0. The number of benzene rings is 1. The van der Waals surface area contributed by atoms with Gasteiger partial charge in [0.1, 0.15) is 0 Å². The van der Waals surface area contributed by atoms with Gasteiger partial charge in [0, 0.05) is 28.0 Å². The first-order chi connectivity index (χ1) is 10.0. The number of hydrogen-bond acceptors (Lipinski definition) is 1. The molecule has 0 fully saturated rings. The lowest BCUT2D eigenvalue weighted by Crippen LogP contribution is -2.31. The van der Waals surface area contributed by atoms with Crippen molar-refractivity contribution in [3.05, 3.63) is 34.5 Å². The highest BCUT2D eigenvalue weighted by Crippen LogP contribution is 2.35. The van der Waals surface area contributed by atoms with Crippen molar-refractivity contribution in [3.63, 3.8) is 0 Å². The molecule has 1 unspecified atom stereocenters. The van der Waals surface area contributed by atoms with Gasteiger partial charge in [0.2, 0.25) is 5.91 Å². The first kappa shape index (κ1) is 14.5. The van der Waals surface area contributed by atoms with E-state index in [0.29, 0.717) is 12.3 Å². The zero-order valence-electron chi connectivity index (χ0n) is 12.5. The molecule has 4 heteroatoms. The standard InChI is InChI=1S/C17H21ClN2O/c1-10(2)8-16(21)19-15-5-3-4-12-13-9-11(18)6-7-14(13)20-17(12)15/h6-7,9-10,15,20H,3-5,8H2,1-2H3,(H,19,21). The summed E-state index contributed by atoms with van der Waals surface area (Å²) in [5, 5.41) is 5.13. The van der Waals surface area contributed by atoms with Gasteiger partial charge in [0.05, 0.1) is 6.04 Å². The maximum absolute atomic E-state index is 12.1. The number of rotatable bonds is 3. The number of nitrogens with one attached hydrogen (secondary N) is 2. The van der Waals surface area contributed by atoms with Gasteiger partial charge in [0.25, 0.3) is 0 Å². The molecule has 1 aromatic heterocycles. The van der Waals surface area contributed by atoms with Crippen LogP contribution in [0.2, 0.25) is 5.02 Å². The van der Waals surface area contributed by atoms with E-state index in [1.165, 1.54) is 10.9 Å². The van der Waals surface area contributed by atoms with Crippen molar-refractivity contribution in [1.82, 2.24) is 10.3 Å². The number of fused-ring (bicyclic) bond motifs is 3. The number of hydrogen-bond donors (Lipinski definition) is 2. The van der Waals surface area contributed by atoms with E-state index in [1.807, 2.05) is 18.2 Å². The molecule has 1 atom stereocenters. The number of aromatic nitrogens is 1. The number of aryl methyl sites for hydroxylation is 1. The number of halogens is 1. The second-order valence-corrected chi connectivity index (χ2v) is 6.75. The van der Waals surface area contributed by atoms with Crippen LogP contribution < -0.4 is 5.32 Å². The Balaban J connectivity index is 1.91. The minimum atomic E-state index is 0.103. The minimum absolute atomic E-state index is 0.103. The third-order valence-corrected chi connectivity index (χ3v) is 4.33. The van der Waals surface area contributed by atoms with Gasteiger partial charge >= 0.3 is 0 Å². The van der Waals surface area contributed by atoms with Crippen molar-refractivity contribution in [2.24, 2.45) is 5.92 Å². The molecule has 0 bridgehead atoms. The largest absolute Gasteiger partial charge is 0.356 e. The summed E-state index contributed by atoms with van der Waals surface area (Å²) in [5.41, 5.74) is 3.58. The van der Waals surface area contributed by atoms with Crippen molar-refractivity contribution in [1.29, 1.82) is 0 Å². The number of carbonyl (C=O) groups excluding carboxylic acids is 1. The Morgan fingerprint density at radius 3 is 3.05 bits per heavy atom. The Morgan fingerprint density at radius 2 is 2.29 bits per heavy atom. The molecule has 0 saturated heterocycles. The third kappa shape index (κ3) is 2.93. The van der Waals surface area contributed by atoms with Gasteiger partial charge in [-0.05, 0) is 48.9 Å². The van der Waals surface area contributed by atoms with E-state index < -0.39 is 0 Å². The van der Waals surface area contributed by atoms with Gasteiger partial charge in [-0.15, -0.1) is 0 Å². The van der Waals surface area contributed by atoms with Crippen LogP contribution in [0.3, 0.4) is 0 Å². The molecule has 2 N–H and O–H groups in total. The van der Waals surface area contributed by atoms with E-state index in [-0.39, 0.29) is 11.9 Å². The van der Waals surface area contributed by atoms with Crippen LogP contribution in [-0.4, -0.2) is 10.9 Å². The van der Waals surface area contributed by atoms with Gasteiger partial charge < -0.3 is 10.3 Å². The van der Waals surface area contributed by atoms with Crippen molar-refractivity contribution in [2.75, 3.05) is 0 Å². The lowest BCUT2D eigenvalue weighted by atomic mass is 9.91. The third-order valence-electron chi connectivity index (χ3n) is 4.10. The Hall–Kier alpha value is -1.48. The summed E-state index contributed by atoms with van der Waals surface area (Å²) in [6, 6.07) is 6.04. The predicted molar refractivity (Wildman–Crippen MR) is 86.6 cm³/mol. The highest BCUT2D eigenvalue weighted by atomic mass is 35.5. The van der Waals surface area contributed by atoms with E-state index in [2.05, 4.69) is 24.1 Å². The molecule has 1 aromatic carbocycles. The van der Waals surface area contributed by atoms with Crippen molar-refractivity contribution in [3.8, 4) is 0 Å². The Labute approximate surface area is 130 Å². The number of H-pyrrole nitrogens is 1. The summed E-state index contributed by atoms with van der Waals surface area (Å²) in [7, 11) is 0. The van der Waals surface area contributed by atoms with Crippen LogP contribution in [0.5, 0.6) is 0 Å². The highest BCUT2D eigenvalue weighted by molar-refractivity contribution is 6.31. The number of carbonyl (C=O) groups is 1. The molecule has 2 aromatic rings. The summed E-state index contributed by atoms with van der Waals surface area (Å²) in [6.07, 6.45) is 3.72. The molecule has 3 nitrogen and oxygen atoms in total. The molecule has 1 heterocycles. The van der Waals surface area contributed by atoms with Crippen LogP contribution in [0.25, 0.3) is 10.9 Å². The quantitative estimate of drug-likeness (QED) is 0.869. The Bertz CT molecular complexity index is 675. The van der Waals surface area contributed by atoms with Crippen molar-refractivity contribution < 1.29 is 4.79 Å². The van der Waals surface area contributed by atoms with Gasteiger partial charge in [0.15, 0.2) is 0 Å². The molecule has 1 amide bonds. The molecule has 112 valence electrons. The van der Waals surface area contributed by atoms with Crippen LogP contribution in [0.4, 0.5) is 0 Å². The van der Waals surface area contributed by atoms with E-state index in [9.17, 15) is 4.79 Å². The van der Waals surface area contributed by atoms with Crippen LogP contribution >= 0.6 is 11.6 Å². The molecule has 0 saturated carbocycles. The van der Waals surface area contributed by atoms with Crippen LogP contribution in [-0.2, 0) is 11.2 Å². The lowest BCUT2D eigenvalue weighted by molar-refractivity contribution is -0.122. The molecule has 3 rings (SSSR count). The Kier molecular flexibility index (Phi) is 3.94. The molecule has 1 aliphatic rings. The van der Waals surface area contributed by atoms with Crippen molar-refractivity contribution >= 4 is 28.4 Å². The van der Waals surface area contributed by atoms with Gasteiger partial charge in [-0.3, -0.25) is 4.79 Å². The van der Waals surface area contributed by atoms with E-state index >= 15 is 0 Å². The van der Waals surface area contributed by atoms with Gasteiger partial charge in [-0.25, -0.2) is 0 Å². The highest BCUT2D eigenvalue weighted by Gasteiger charge is 2.25. The van der Waals surface area contributed by atoms with E-state index in [0.717, 1.165) is 35.5 Å². The topological polar surface area (TPSA) is 44.9 Å². The van der Waals surface area contributed by atoms with Crippen molar-refractivity contribution in [2.45, 2.75) is 45.6 Å². The normalized spacial score (nSPS) is 18.0. The zero-order chi connectivity index (χ0) is 15.0. The fourth-order valence-electron chi connectivity index (χ4n) is 3.20. The molecule has 0 radical (unpaired) electrons. The molecular weight excluding hydrogens is 284 g/mol. The van der Waals surface area contributed by atoms with Crippen LogP contribution in [0, 0.1) is 5.92 Å². The molecule has 21 heavy (non-hydrogen) atoms. The molecule has 0 spiro atoms. The molecular formula is C17H21ClN2O. The summed E-state index contributed by atoms with van der Waals surface area (Å²) in [6.45, 7) is 4.13. The summed E-state index contributed by atoms with van der Waals surface area (Å²) in [5.74, 6) is 0.522. The first-order valence-corrected chi connectivity index (χ1v) is 8.01. The predicted octanol–water partition coefficient (Wildman–Crippen LogP) is 4.36. The smallest absolute Gasteiger partial charge is 0.220 e. The fraction of sp³-hybridized carbons (Fsp3) is 0.471. The van der Waals surface area contributed by atoms with E-state index in [1.54, 1.807) is 0 Å². The minimum Gasteiger partial charge on any atom is -0.356 e. The molecule has 0 aliphatic heterocycles. The molecule has 1 aliphatic carbocycles. The monoisotopic (exact) mass is 304 g/mol. The average Bonchev–Trinajstić information content (AvgIpc) is 2.77. The summed E-state index contributed by atoms with van der Waals surface area (Å²) >= 11 is 6.11. The van der Waals surface area contributed by atoms with Gasteiger partial charge in [-0.1, -0.05) is 25.4 Å². The Morgan fingerprint density at radius 1 is 1.48 bits per heavy atom. The maximum atomic E-state index is 12.1. The second kappa shape index (κ2) is 5.72. The van der Waals surface area contributed by atoms with Gasteiger partial charge in [-0.2, -0.15) is 0 Å². The number of amides is 1. The average molecular weight is 305 g/mol. The lowest BCUT2D eigenvalue weighted by Gasteiger charge is -2.24. The SMILES string of the molecule is CC(C)CC(=O)NC1CCCc2c1[nH]c1ccc(Cl)cc21.